The van der Waals surface area contributed by atoms with Crippen molar-refractivity contribution in [2.45, 2.75) is 26.7 Å². The van der Waals surface area contributed by atoms with Gasteiger partial charge in [0.2, 0.25) is 0 Å². The third-order valence-corrected chi connectivity index (χ3v) is 1.35. The van der Waals surface area contributed by atoms with Crippen LogP contribution in [-0.2, 0) is 4.79 Å². The van der Waals surface area contributed by atoms with Crippen LogP contribution in [0.1, 0.15) is 26.7 Å². The van der Waals surface area contributed by atoms with E-state index in [0.717, 1.165) is 0 Å². The molecule has 12 heavy (non-hydrogen) atoms. The van der Waals surface area contributed by atoms with Crippen LogP contribution in [0.15, 0.2) is 0 Å². The van der Waals surface area contributed by atoms with Crippen molar-refractivity contribution in [2.24, 2.45) is 11.8 Å². The summed E-state index contributed by atoms with van der Waals surface area (Å²) in [5.74, 6) is -1.17. The van der Waals surface area contributed by atoms with Crippen LogP contribution in [0.5, 0.6) is 0 Å². The minimum atomic E-state index is -1.14. The maximum absolute atomic E-state index is 10.1. The second kappa shape index (κ2) is 8.21. The number of hydrogen-bond acceptors (Lipinski definition) is 3. The molecule has 0 saturated heterocycles. The van der Waals surface area contributed by atoms with Crippen molar-refractivity contribution >= 4 is 5.97 Å². The number of nitrogens with zero attached hydrogens (tertiary/aromatic N) is 1. The van der Waals surface area contributed by atoms with E-state index in [2.05, 4.69) is 0 Å². The molecule has 3 nitrogen and oxygen atoms in total. The quantitative estimate of drug-likeness (QED) is 0.457. The SMILES string of the molecule is CC(C)C[C@H](C#N)CC(=O)[O-].[K+]. The van der Waals surface area contributed by atoms with Crippen LogP contribution in [0.3, 0.4) is 0 Å². The summed E-state index contributed by atoms with van der Waals surface area (Å²) in [6.07, 6.45) is 0.485. The second-order valence-corrected chi connectivity index (χ2v) is 3.03. The Morgan fingerprint density at radius 1 is 1.58 bits per heavy atom. The average molecular weight is 193 g/mol. The molecule has 0 aliphatic heterocycles. The van der Waals surface area contributed by atoms with Gasteiger partial charge in [-0.05, 0) is 12.3 Å². The maximum Gasteiger partial charge on any atom is 1.00 e. The standard InChI is InChI=1S/C8H13NO2.K/c1-6(2)3-7(5-9)4-8(10)11;/h6-7H,3-4H2,1-2H3,(H,10,11);/q;+1/p-1/t7-;/m0./s1. The zero-order valence-corrected chi connectivity index (χ0v) is 11.0. The fourth-order valence-electron chi connectivity index (χ4n) is 0.952. The fourth-order valence-corrected chi connectivity index (χ4v) is 0.952. The van der Waals surface area contributed by atoms with Crippen LogP contribution in [0.4, 0.5) is 0 Å². The first-order chi connectivity index (χ1) is 5.06. The number of nitriles is 1. The molecule has 0 aromatic rings. The van der Waals surface area contributed by atoms with Gasteiger partial charge in [-0.1, -0.05) is 13.8 Å². The molecule has 0 heterocycles. The zero-order valence-electron chi connectivity index (χ0n) is 7.83. The molecule has 0 rings (SSSR count). The van der Waals surface area contributed by atoms with E-state index in [1.165, 1.54) is 0 Å². The molecule has 0 spiro atoms. The Labute approximate surface area is 116 Å². The smallest absolute Gasteiger partial charge is 0.550 e. The first-order valence-electron chi connectivity index (χ1n) is 3.65. The molecule has 0 aliphatic rings. The first-order valence-corrected chi connectivity index (χ1v) is 3.65. The monoisotopic (exact) mass is 193 g/mol. The van der Waals surface area contributed by atoms with Crippen LogP contribution in [0, 0.1) is 23.2 Å². The van der Waals surface area contributed by atoms with Crippen LogP contribution < -0.4 is 56.5 Å². The summed E-state index contributed by atoms with van der Waals surface area (Å²) >= 11 is 0. The van der Waals surface area contributed by atoms with Crippen molar-refractivity contribution in [1.82, 2.24) is 0 Å². The minimum absolute atomic E-state index is 0. The molecule has 0 N–H and O–H groups in total. The Bertz CT molecular complexity index is 174. The van der Waals surface area contributed by atoms with Gasteiger partial charge in [0.1, 0.15) is 0 Å². The van der Waals surface area contributed by atoms with E-state index in [9.17, 15) is 9.90 Å². The Kier molecular flexibility index (Phi) is 10.3. The number of hydrogen-bond donors (Lipinski definition) is 0. The molecule has 0 aliphatic carbocycles. The van der Waals surface area contributed by atoms with Gasteiger partial charge in [0.25, 0.3) is 0 Å². The Morgan fingerprint density at radius 2 is 2.08 bits per heavy atom. The van der Waals surface area contributed by atoms with E-state index in [0.29, 0.717) is 12.3 Å². The molecule has 0 amide bonds. The summed E-state index contributed by atoms with van der Waals surface area (Å²) in [6, 6.07) is 1.94. The van der Waals surface area contributed by atoms with Gasteiger partial charge in [0.15, 0.2) is 0 Å². The van der Waals surface area contributed by atoms with Gasteiger partial charge >= 0.3 is 51.4 Å². The van der Waals surface area contributed by atoms with Gasteiger partial charge in [-0.25, -0.2) is 0 Å². The largest absolute Gasteiger partial charge is 1.00 e. The van der Waals surface area contributed by atoms with Crippen molar-refractivity contribution in [2.75, 3.05) is 0 Å². The van der Waals surface area contributed by atoms with E-state index >= 15 is 0 Å². The predicted octanol–water partition coefficient (Wildman–Crippen LogP) is -2.68. The molecule has 0 aromatic heterocycles. The molecule has 1 atom stereocenters. The van der Waals surface area contributed by atoms with E-state index in [1.54, 1.807) is 0 Å². The third-order valence-electron chi connectivity index (χ3n) is 1.35. The second-order valence-electron chi connectivity index (χ2n) is 3.03. The van der Waals surface area contributed by atoms with Gasteiger partial charge < -0.3 is 9.90 Å². The molecular weight excluding hydrogens is 181 g/mol. The summed E-state index contributed by atoms with van der Waals surface area (Å²) in [6.45, 7) is 3.92. The zero-order chi connectivity index (χ0) is 8.85. The number of carbonyl (C=O) groups excluding carboxylic acids is 1. The summed E-state index contributed by atoms with van der Waals surface area (Å²) in [5.41, 5.74) is 0. The number of carbonyl (C=O) groups is 1. The van der Waals surface area contributed by atoms with Crippen molar-refractivity contribution in [3.05, 3.63) is 0 Å². The van der Waals surface area contributed by atoms with Crippen molar-refractivity contribution in [1.29, 1.82) is 5.26 Å². The molecular formula is C8H12KNO2. The Hall–Kier alpha value is 0.596. The predicted molar refractivity (Wildman–Crippen MR) is 38.2 cm³/mol. The summed E-state index contributed by atoms with van der Waals surface area (Å²) in [7, 11) is 0. The van der Waals surface area contributed by atoms with Gasteiger partial charge in [-0.15, -0.1) is 0 Å². The molecule has 0 bridgehead atoms. The molecule has 0 saturated carbocycles. The first kappa shape index (κ1) is 15.1. The summed E-state index contributed by atoms with van der Waals surface area (Å²) < 4.78 is 0. The Morgan fingerprint density at radius 3 is 2.33 bits per heavy atom. The number of carboxylic acids is 1. The number of rotatable bonds is 4. The molecule has 0 aromatic carbocycles. The topological polar surface area (TPSA) is 63.9 Å². The minimum Gasteiger partial charge on any atom is -0.550 e. The van der Waals surface area contributed by atoms with E-state index in [1.807, 2.05) is 19.9 Å². The van der Waals surface area contributed by atoms with Gasteiger partial charge in [-0.2, -0.15) is 5.26 Å². The van der Waals surface area contributed by atoms with Crippen molar-refractivity contribution < 1.29 is 61.3 Å². The summed E-state index contributed by atoms with van der Waals surface area (Å²) in [4.78, 5) is 10.1. The Balaban J connectivity index is 0. The summed E-state index contributed by atoms with van der Waals surface area (Å²) in [5, 5.41) is 18.6. The normalized spacial score (nSPS) is 11.5. The fraction of sp³-hybridized carbons (Fsp3) is 0.750. The maximum atomic E-state index is 10.1. The van der Waals surface area contributed by atoms with E-state index < -0.39 is 5.97 Å². The van der Waals surface area contributed by atoms with Gasteiger partial charge in [0, 0.05) is 12.4 Å². The van der Waals surface area contributed by atoms with Gasteiger partial charge in [0.05, 0.1) is 12.0 Å². The number of carboxylic acid groups (broad SMARTS) is 1. The molecule has 0 fully saturated rings. The van der Waals surface area contributed by atoms with Crippen LogP contribution in [0.25, 0.3) is 0 Å². The number of aliphatic carboxylic acids is 1. The van der Waals surface area contributed by atoms with Crippen LogP contribution >= 0.6 is 0 Å². The molecule has 4 heteroatoms. The van der Waals surface area contributed by atoms with E-state index in [-0.39, 0.29) is 63.7 Å². The molecule has 62 valence electrons. The third kappa shape index (κ3) is 8.69. The van der Waals surface area contributed by atoms with Crippen LogP contribution in [-0.4, -0.2) is 5.97 Å². The van der Waals surface area contributed by atoms with Crippen molar-refractivity contribution in [3.63, 3.8) is 0 Å². The van der Waals surface area contributed by atoms with Crippen LogP contribution in [0.2, 0.25) is 0 Å². The molecule has 0 radical (unpaired) electrons. The van der Waals surface area contributed by atoms with Gasteiger partial charge in [-0.3, -0.25) is 0 Å². The average Bonchev–Trinajstić information content (AvgIpc) is 1.84. The van der Waals surface area contributed by atoms with Crippen molar-refractivity contribution in [3.8, 4) is 6.07 Å². The van der Waals surface area contributed by atoms with E-state index in [4.69, 9.17) is 5.26 Å². The molecule has 0 unspecified atom stereocenters.